The van der Waals surface area contributed by atoms with Gasteiger partial charge in [-0.2, -0.15) is 0 Å². The highest BCUT2D eigenvalue weighted by molar-refractivity contribution is 7.89. The van der Waals surface area contributed by atoms with Crippen molar-refractivity contribution in [3.05, 3.63) is 46.2 Å². The van der Waals surface area contributed by atoms with Crippen LogP contribution in [0.5, 0.6) is 0 Å². The van der Waals surface area contributed by atoms with Crippen LogP contribution in [-0.2, 0) is 25.2 Å². The topological polar surface area (TPSA) is 83.9 Å². The number of carbonyl (C=O) groups is 1. The lowest BCUT2D eigenvalue weighted by Crippen LogP contribution is -2.33. The van der Waals surface area contributed by atoms with E-state index in [1.807, 2.05) is 0 Å². The van der Waals surface area contributed by atoms with Crippen LogP contribution in [0.1, 0.15) is 19.4 Å². The predicted octanol–water partition coefficient (Wildman–Crippen LogP) is 2.30. The lowest BCUT2D eigenvalue weighted by atomic mass is 9.91. The van der Waals surface area contributed by atoms with Crippen LogP contribution in [0.3, 0.4) is 0 Å². The SMILES string of the molecule is CCS(=O)(=O)N(C)C1=C(O)C(=O)C(C)(c2ccc(Cl)c(F)c2)O1. The number of benzene rings is 1. The molecule has 1 aromatic rings. The van der Waals surface area contributed by atoms with Gasteiger partial charge in [-0.05, 0) is 26.0 Å². The Labute approximate surface area is 138 Å². The minimum absolute atomic E-state index is 0.105. The van der Waals surface area contributed by atoms with Crippen molar-refractivity contribution in [3.63, 3.8) is 0 Å². The van der Waals surface area contributed by atoms with E-state index in [9.17, 15) is 22.7 Å². The molecule has 1 aromatic carbocycles. The van der Waals surface area contributed by atoms with Gasteiger partial charge in [0, 0.05) is 12.6 Å². The normalized spacial score (nSPS) is 21.5. The van der Waals surface area contributed by atoms with Crippen LogP contribution in [0.25, 0.3) is 0 Å². The summed E-state index contributed by atoms with van der Waals surface area (Å²) in [5, 5.41) is 9.85. The highest BCUT2D eigenvalue weighted by atomic mass is 35.5. The number of carbonyl (C=O) groups excluding carboxylic acids is 1. The fourth-order valence-electron chi connectivity index (χ4n) is 2.13. The standard InChI is InChI=1S/C14H15ClFNO5S/c1-4-23(20,21)17(3)13-11(18)12(19)14(2,22-13)8-5-6-9(15)10(16)7-8/h5-7,18H,4H2,1-3H3. The van der Waals surface area contributed by atoms with Gasteiger partial charge in [-0.1, -0.05) is 17.7 Å². The summed E-state index contributed by atoms with van der Waals surface area (Å²) in [6, 6.07) is 3.62. The van der Waals surface area contributed by atoms with E-state index in [2.05, 4.69) is 0 Å². The molecular weight excluding hydrogens is 349 g/mol. The van der Waals surface area contributed by atoms with Crippen molar-refractivity contribution in [3.8, 4) is 0 Å². The number of aliphatic hydroxyl groups is 1. The molecular formula is C14H15ClFNO5S. The number of ketones is 1. The molecule has 0 aromatic heterocycles. The molecule has 1 atom stereocenters. The molecule has 6 nitrogen and oxygen atoms in total. The minimum atomic E-state index is -3.74. The first kappa shape index (κ1) is 17.6. The molecule has 0 amide bonds. The highest BCUT2D eigenvalue weighted by Crippen LogP contribution is 2.40. The second-order valence-corrected chi connectivity index (χ2v) is 7.81. The summed E-state index contributed by atoms with van der Waals surface area (Å²) in [4.78, 5) is 12.3. The van der Waals surface area contributed by atoms with Gasteiger partial charge < -0.3 is 9.84 Å². The number of halogens is 2. The van der Waals surface area contributed by atoms with E-state index in [4.69, 9.17) is 16.3 Å². The van der Waals surface area contributed by atoms with Crippen LogP contribution in [0.4, 0.5) is 4.39 Å². The van der Waals surface area contributed by atoms with Crippen LogP contribution in [-0.4, -0.2) is 36.4 Å². The van der Waals surface area contributed by atoms with Gasteiger partial charge in [0.25, 0.3) is 11.7 Å². The molecule has 0 fully saturated rings. The van der Waals surface area contributed by atoms with Crippen LogP contribution < -0.4 is 0 Å². The summed E-state index contributed by atoms with van der Waals surface area (Å²) in [5.41, 5.74) is -1.64. The molecule has 1 aliphatic rings. The summed E-state index contributed by atoms with van der Waals surface area (Å²) in [5.74, 6) is -3.20. The van der Waals surface area contributed by atoms with E-state index in [0.29, 0.717) is 4.31 Å². The lowest BCUT2D eigenvalue weighted by molar-refractivity contribution is -0.132. The number of hydrogen-bond donors (Lipinski definition) is 1. The second-order valence-electron chi connectivity index (χ2n) is 5.12. The van der Waals surface area contributed by atoms with E-state index < -0.39 is 38.9 Å². The summed E-state index contributed by atoms with van der Waals surface area (Å²) < 4.78 is 43.6. The number of Topliss-reactive ketones (excluding diaryl/α,β-unsaturated/α-hetero) is 1. The van der Waals surface area contributed by atoms with Gasteiger partial charge in [-0.3, -0.25) is 4.79 Å². The average molecular weight is 364 g/mol. The summed E-state index contributed by atoms with van der Waals surface area (Å²) in [6.07, 6.45) is 0. The summed E-state index contributed by atoms with van der Waals surface area (Å²) in [7, 11) is -2.58. The molecule has 2 rings (SSSR count). The van der Waals surface area contributed by atoms with E-state index in [1.54, 1.807) is 0 Å². The molecule has 126 valence electrons. The number of ether oxygens (including phenoxy) is 1. The maximum absolute atomic E-state index is 13.6. The molecule has 0 bridgehead atoms. The van der Waals surface area contributed by atoms with Gasteiger partial charge in [-0.15, -0.1) is 0 Å². The first-order valence-electron chi connectivity index (χ1n) is 6.63. The molecule has 23 heavy (non-hydrogen) atoms. The molecule has 0 spiro atoms. The van der Waals surface area contributed by atoms with Crippen molar-refractivity contribution in [1.29, 1.82) is 0 Å². The zero-order chi connectivity index (χ0) is 17.6. The van der Waals surface area contributed by atoms with Crippen molar-refractivity contribution in [2.24, 2.45) is 0 Å². The molecule has 1 unspecified atom stereocenters. The number of rotatable bonds is 4. The smallest absolute Gasteiger partial charge is 0.251 e. The Bertz CT molecular complexity index is 807. The van der Waals surface area contributed by atoms with Crippen LogP contribution in [0, 0.1) is 5.82 Å². The molecule has 0 saturated heterocycles. The Morgan fingerprint density at radius 2 is 2.04 bits per heavy atom. The maximum atomic E-state index is 13.6. The number of nitrogens with zero attached hydrogens (tertiary/aromatic N) is 1. The molecule has 0 saturated carbocycles. The Balaban J connectivity index is 2.47. The monoisotopic (exact) mass is 363 g/mol. The first-order valence-corrected chi connectivity index (χ1v) is 8.62. The minimum Gasteiger partial charge on any atom is -0.501 e. The Kier molecular flexibility index (Phi) is 4.34. The number of hydrogen-bond acceptors (Lipinski definition) is 5. The van der Waals surface area contributed by atoms with Gasteiger partial charge in [-0.25, -0.2) is 17.1 Å². The largest absolute Gasteiger partial charge is 0.501 e. The van der Waals surface area contributed by atoms with Crippen molar-refractivity contribution >= 4 is 27.4 Å². The number of sulfonamides is 1. The fourth-order valence-corrected chi connectivity index (χ4v) is 3.01. The molecule has 1 N–H and O–H groups in total. The molecule has 9 heteroatoms. The van der Waals surface area contributed by atoms with Crippen LogP contribution >= 0.6 is 11.6 Å². The van der Waals surface area contributed by atoms with Crippen LogP contribution in [0.2, 0.25) is 5.02 Å². The van der Waals surface area contributed by atoms with E-state index in [-0.39, 0.29) is 16.3 Å². The van der Waals surface area contributed by atoms with E-state index in [1.165, 1.54) is 26.0 Å². The maximum Gasteiger partial charge on any atom is 0.251 e. The molecule has 1 aliphatic heterocycles. The summed E-state index contributed by atoms with van der Waals surface area (Å²) >= 11 is 5.61. The zero-order valence-corrected chi connectivity index (χ0v) is 14.2. The molecule has 0 aliphatic carbocycles. The van der Waals surface area contributed by atoms with Crippen LogP contribution in [0.15, 0.2) is 29.8 Å². The quantitative estimate of drug-likeness (QED) is 0.887. The Morgan fingerprint density at radius 3 is 2.57 bits per heavy atom. The lowest BCUT2D eigenvalue weighted by Gasteiger charge is -2.26. The summed E-state index contributed by atoms with van der Waals surface area (Å²) in [6.45, 7) is 2.72. The number of aliphatic hydroxyl groups excluding tert-OH is 1. The van der Waals surface area contributed by atoms with Gasteiger partial charge >= 0.3 is 0 Å². The van der Waals surface area contributed by atoms with Crippen molar-refractivity contribution in [2.45, 2.75) is 19.4 Å². The third kappa shape index (κ3) is 2.76. The predicted molar refractivity (Wildman–Crippen MR) is 81.7 cm³/mol. The Hall–Kier alpha value is -1.80. The van der Waals surface area contributed by atoms with Crippen molar-refractivity contribution in [1.82, 2.24) is 4.31 Å². The Morgan fingerprint density at radius 1 is 1.43 bits per heavy atom. The first-order chi connectivity index (χ1) is 10.5. The van der Waals surface area contributed by atoms with E-state index in [0.717, 1.165) is 13.1 Å². The second kappa shape index (κ2) is 5.68. The average Bonchev–Trinajstić information content (AvgIpc) is 2.74. The van der Waals surface area contributed by atoms with Gasteiger partial charge in [0.05, 0.1) is 10.8 Å². The van der Waals surface area contributed by atoms with Gasteiger partial charge in [0.2, 0.25) is 15.8 Å². The highest BCUT2D eigenvalue weighted by Gasteiger charge is 2.50. The fraction of sp³-hybridized carbons (Fsp3) is 0.357. The van der Waals surface area contributed by atoms with Crippen molar-refractivity contribution in [2.75, 3.05) is 12.8 Å². The molecule has 1 heterocycles. The van der Waals surface area contributed by atoms with Crippen molar-refractivity contribution < 1.29 is 27.4 Å². The molecule has 0 radical (unpaired) electrons. The van der Waals surface area contributed by atoms with Gasteiger partial charge in [0.1, 0.15) is 5.82 Å². The third-order valence-corrected chi connectivity index (χ3v) is 5.73. The van der Waals surface area contributed by atoms with Gasteiger partial charge in [0.15, 0.2) is 5.60 Å². The van der Waals surface area contributed by atoms with E-state index >= 15 is 0 Å². The third-order valence-electron chi connectivity index (χ3n) is 3.69. The zero-order valence-electron chi connectivity index (χ0n) is 12.6.